The second kappa shape index (κ2) is 7.62. The number of rotatable bonds is 3. The summed E-state index contributed by atoms with van der Waals surface area (Å²) in [4.78, 5) is 20.7. The van der Waals surface area contributed by atoms with Crippen LogP contribution in [0.1, 0.15) is 30.2 Å². The molecule has 1 fully saturated rings. The first kappa shape index (κ1) is 19.6. The van der Waals surface area contributed by atoms with Crippen molar-refractivity contribution in [1.82, 2.24) is 10.2 Å². The van der Waals surface area contributed by atoms with Gasteiger partial charge in [-0.2, -0.15) is 5.26 Å². The number of amides is 1. The third-order valence-electron chi connectivity index (χ3n) is 6.17. The van der Waals surface area contributed by atoms with Gasteiger partial charge in [0.15, 0.2) is 5.96 Å². The molecule has 1 aromatic carbocycles. The Kier molecular flexibility index (Phi) is 5.15. The van der Waals surface area contributed by atoms with Crippen LogP contribution >= 0.6 is 11.3 Å². The van der Waals surface area contributed by atoms with Crippen molar-refractivity contribution in [3.63, 3.8) is 0 Å². The monoisotopic (exact) mass is 407 g/mol. The van der Waals surface area contributed by atoms with E-state index in [1.165, 1.54) is 4.90 Å². The number of piperidine rings is 1. The van der Waals surface area contributed by atoms with Crippen LogP contribution in [-0.4, -0.2) is 36.9 Å². The summed E-state index contributed by atoms with van der Waals surface area (Å²) in [7, 11) is 1.71. The standard InChI is InChI=1S/C22H25N5OS/c1-22(18-11-17(13-29-18)16-5-3-4-14(10-16)12-23)19(15-6-8-25-9-7-15)20(28)27(2)21(24)26-22/h3-5,10-11,13,15,19,25H,6-9H2,1-2H3,(H2,24,26)/t19-,22+/m0/s1. The summed E-state index contributed by atoms with van der Waals surface area (Å²) in [5, 5.41) is 14.7. The van der Waals surface area contributed by atoms with Crippen LogP contribution in [0.5, 0.6) is 0 Å². The van der Waals surface area contributed by atoms with Crippen molar-refractivity contribution in [2.45, 2.75) is 25.3 Å². The van der Waals surface area contributed by atoms with Crippen LogP contribution in [-0.2, 0) is 10.3 Å². The number of nitrogens with zero attached hydrogens (tertiary/aromatic N) is 3. The third-order valence-corrected chi connectivity index (χ3v) is 7.33. The van der Waals surface area contributed by atoms with Gasteiger partial charge in [-0.05, 0) is 73.5 Å². The average molecular weight is 408 g/mol. The first-order valence-electron chi connectivity index (χ1n) is 9.87. The lowest BCUT2D eigenvalue weighted by Crippen LogP contribution is -2.56. The van der Waals surface area contributed by atoms with Gasteiger partial charge in [0.1, 0.15) is 5.54 Å². The summed E-state index contributed by atoms with van der Waals surface area (Å²) in [5.74, 6) is 0.344. The summed E-state index contributed by atoms with van der Waals surface area (Å²) < 4.78 is 0. The minimum absolute atomic E-state index is 0.0494. The maximum atomic E-state index is 13.3. The van der Waals surface area contributed by atoms with Crippen LogP contribution in [0.2, 0.25) is 0 Å². The number of thiophene rings is 1. The molecule has 150 valence electrons. The Bertz CT molecular complexity index is 1000. The molecule has 2 aliphatic rings. The van der Waals surface area contributed by atoms with Gasteiger partial charge < -0.3 is 11.1 Å². The number of benzene rings is 1. The lowest BCUT2D eigenvalue weighted by Gasteiger charge is -2.44. The Hall–Kier alpha value is -2.69. The fraction of sp³-hybridized carbons (Fsp3) is 0.409. The minimum Gasteiger partial charge on any atom is -0.369 e. The van der Waals surface area contributed by atoms with Gasteiger partial charge in [0, 0.05) is 11.9 Å². The lowest BCUT2D eigenvalue weighted by molar-refractivity contribution is -0.137. The van der Waals surface area contributed by atoms with Gasteiger partial charge in [0.05, 0.1) is 17.6 Å². The zero-order chi connectivity index (χ0) is 20.6. The van der Waals surface area contributed by atoms with Gasteiger partial charge in [-0.25, -0.2) is 4.99 Å². The molecular weight excluding hydrogens is 382 g/mol. The van der Waals surface area contributed by atoms with Crippen molar-refractivity contribution in [2.24, 2.45) is 22.6 Å². The first-order valence-corrected chi connectivity index (χ1v) is 10.7. The Labute approximate surface area is 175 Å². The quantitative estimate of drug-likeness (QED) is 0.818. The fourth-order valence-electron chi connectivity index (χ4n) is 4.51. The highest BCUT2D eigenvalue weighted by molar-refractivity contribution is 7.10. The van der Waals surface area contributed by atoms with E-state index < -0.39 is 5.54 Å². The molecule has 7 heteroatoms. The van der Waals surface area contributed by atoms with Gasteiger partial charge >= 0.3 is 0 Å². The Morgan fingerprint density at radius 3 is 2.79 bits per heavy atom. The van der Waals surface area contributed by atoms with E-state index in [0.29, 0.717) is 5.56 Å². The van der Waals surface area contributed by atoms with Gasteiger partial charge in [-0.1, -0.05) is 12.1 Å². The van der Waals surface area contributed by atoms with Crippen molar-refractivity contribution < 1.29 is 4.79 Å². The zero-order valence-electron chi connectivity index (χ0n) is 16.7. The Balaban J connectivity index is 1.77. The fourth-order valence-corrected chi connectivity index (χ4v) is 5.58. The van der Waals surface area contributed by atoms with E-state index in [2.05, 4.69) is 22.8 Å². The van der Waals surface area contributed by atoms with E-state index in [4.69, 9.17) is 10.7 Å². The maximum Gasteiger partial charge on any atom is 0.235 e. The average Bonchev–Trinajstić information content (AvgIpc) is 3.24. The van der Waals surface area contributed by atoms with Crippen LogP contribution in [0, 0.1) is 23.2 Å². The van der Waals surface area contributed by atoms with E-state index in [-0.39, 0.29) is 23.7 Å². The minimum atomic E-state index is -0.689. The van der Waals surface area contributed by atoms with Crippen LogP contribution in [0.4, 0.5) is 0 Å². The predicted molar refractivity (Wildman–Crippen MR) is 115 cm³/mol. The number of carbonyl (C=O) groups excluding carboxylic acids is 1. The molecule has 29 heavy (non-hydrogen) atoms. The summed E-state index contributed by atoms with van der Waals surface area (Å²) >= 11 is 1.60. The topological polar surface area (TPSA) is 94.5 Å². The predicted octanol–water partition coefficient (Wildman–Crippen LogP) is 2.90. The molecule has 4 rings (SSSR count). The molecule has 2 aromatic rings. The summed E-state index contributed by atoms with van der Waals surface area (Å²) in [5.41, 5.74) is 8.11. The largest absolute Gasteiger partial charge is 0.369 e. The molecule has 0 unspecified atom stereocenters. The van der Waals surface area contributed by atoms with Crippen LogP contribution in [0.3, 0.4) is 0 Å². The smallest absolute Gasteiger partial charge is 0.235 e. The summed E-state index contributed by atoms with van der Waals surface area (Å²) in [6, 6.07) is 11.9. The number of carbonyl (C=O) groups is 1. The highest BCUT2D eigenvalue weighted by Crippen LogP contribution is 2.47. The highest BCUT2D eigenvalue weighted by atomic mass is 32.1. The first-order chi connectivity index (χ1) is 13.9. The van der Waals surface area contributed by atoms with Crippen LogP contribution in [0.25, 0.3) is 11.1 Å². The number of hydrogen-bond acceptors (Lipinski definition) is 6. The molecule has 0 saturated carbocycles. The van der Waals surface area contributed by atoms with Crippen molar-refractivity contribution in [1.29, 1.82) is 5.26 Å². The van der Waals surface area contributed by atoms with Crippen LogP contribution in [0.15, 0.2) is 40.7 Å². The normalized spacial score (nSPS) is 25.6. The molecule has 1 saturated heterocycles. The Morgan fingerprint density at radius 2 is 2.07 bits per heavy atom. The van der Waals surface area contributed by atoms with Gasteiger partial charge in [-0.15, -0.1) is 11.3 Å². The number of nitrogens with one attached hydrogen (secondary N) is 1. The SMILES string of the molecule is CN1C(=O)[C@H](C2CCNCC2)[C@@](C)(c2cc(-c3cccc(C#N)c3)cs2)N=C1N. The Morgan fingerprint density at radius 1 is 1.31 bits per heavy atom. The van der Waals surface area contributed by atoms with E-state index in [9.17, 15) is 10.1 Å². The lowest BCUT2D eigenvalue weighted by atomic mass is 9.71. The molecule has 0 aliphatic carbocycles. The second-order valence-corrected chi connectivity index (χ2v) is 8.88. The van der Waals surface area contributed by atoms with Crippen LogP contribution < -0.4 is 11.1 Å². The number of nitrogens with two attached hydrogens (primary N) is 1. The number of guanidine groups is 1. The molecule has 3 N–H and O–H groups in total. The van der Waals surface area contributed by atoms with Crippen molar-refractivity contribution in [3.8, 4) is 17.2 Å². The molecule has 3 heterocycles. The molecule has 1 amide bonds. The van der Waals surface area contributed by atoms with E-state index >= 15 is 0 Å². The molecule has 2 atom stereocenters. The number of hydrogen-bond donors (Lipinski definition) is 2. The molecule has 0 radical (unpaired) electrons. The highest BCUT2D eigenvalue weighted by Gasteiger charge is 2.50. The summed E-state index contributed by atoms with van der Waals surface area (Å²) in [6.45, 7) is 3.88. The van der Waals surface area contributed by atoms with E-state index in [1.807, 2.05) is 25.1 Å². The van der Waals surface area contributed by atoms with Gasteiger partial charge in [-0.3, -0.25) is 9.69 Å². The molecule has 0 spiro atoms. The molecular formula is C22H25N5OS. The number of aliphatic imine (C=N–C) groups is 1. The zero-order valence-corrected chi connectivity index (χ0v) is 17.5. The van der Waals surface area contributed by atoms with E-state index in [1.54, 1.807) is 24.5 Å². The maximum absolute atomic E-state index is 13.3. The van der Waals surface area contributed by atoms with Crippen molar-refractivity contribution >= 4 is 23.2 Å². The third kappa shape index (κ3) is 3.43. The van der Waals surface area contributed by atoms with Crippen molar-refractivity contribution in [2.75, 3.05) is 20.1 Å². The molecule has 2 aliphatic heterocycles. The van der Waals surface area contributed by atoms with E-state index in [0.717, 1.165) is 41.9 Å². The second-order valence-electron chi connectivity index (χ2n) is 7.97. The van der Waals surface area contributed by atoms with Crippen molar-refractivity contribution in [3.05, 3.63) is 46.2 Å². The van der Waals surface area contributed by atoms with Gasteiger partial charge in [0.2, 0.25) is 5.91 Å². The molecule has 6 nitrogen and oxygen atoms in total. The molecule has 1 aromatic heterocycles. The molecule has 0 bridgehead atoms. The summed E-state index contributed by atoms with van der Waals surface area (Å²) in [6.07, 6.45) is 1.91. The number of nitriles is 1. The van der Waals surface area contributed by atoms with Gasteiger partial charge in [0.25, 0.3) is 0 Å².